The van der Waals surface area contributed by atoms with Gasteiger partial charge in [-0.05, 0) is 39.0 Å². The van der Waals surface area contributed by atoms with E-state index in [1.165, 1.54) is 0 Å². The standard InChI is InChI=1S/C20H25N3O2/c1-14-5-7-17(8-6-14)19(24)22-9-11-23(12-10-22)20(25)18-13-15(2)21(4)16(18)3/h5-8,13H,9-12H2,1-4H3. The second kappa shape index (κ2) is 6.75. The van der Waals surface area contributed by atoms with Gasteiger partial charge in [0.15, 0.2) is 0 Å². The average Bonchev–Trinajstić information content (AvgIpc) is 2.89. The summed E-state index contributed by atoms with van der Waals surface area (Å²) in [5.74, 6) is 0.0995. The number of hydrogen-bond acceptors (Lipinski definition) is 2. The van der Waals surface area contributed by atoms with Crippen LogP contribution in [0, 0.1) is 20.8 Å². The Labute approximate surface area is 148 Å². The fourth-order valence-corrected chi connectivity index (χ4v) is 3.23. The van der Waals surface area contributed by atoms with E-state index in [1.807, 2.05) is 72.5 Å². The van der Waals surface area contributed by atoms with E-state index in [0.717, 1.165) is 22.5 Å². The molecule has 0 N–H and O–H groups in total. The van der Waals surface area contributed by atoms with Crippen LogP contribution in [-0.4, -0.2) is 52.4 Å². The van der Waals surface area contributed by atoms with E-state index >= 15 is 0 Å². The van der Waals surface area contributed by atoms with Crippen LogP contribution in [0.2, 0.25) is 0 Å². The van der Waals surface area contributed by atoms with E-state index in [9.17, 15) is 9.59 Å². The van der Waals surface area contributed by atoms with E-state index < -0.39 is 0 Å². The Morgan fingerprint density at radius 3 is 1.84 bits per heavy atom. The number of benzene rings is 1. The van der Waals surface area contributed by atoms with Crippen LogP contribution in [0.15, 0.2) is 30.3 Å². The Bertz CT molecular complexity index is 797. The summed E-state index contributed by atoms with van der Waals surface area (Å²) in [7, 11) is 1.97. The second-order valence-corrected chi connectivity index (χ2v) is 6.79. The van der Waals surface area contributed by atoms with Gasteiger partial charge in [0.1, 0.15) is 0 Å². The highest BCUT2D eigenvalue weighted by atomic mass is 16.2. The molecule has 3 rings (SSSR count). The van der Waals surface area contributed by atoms with Gasteiger partial charge in [0.25, 0.3) is 11.8 Å². The zero-order valence-electron chi connectivity index (χ0n) is 15.4. The maximum absolute atomic E-state index is 12.8. The number of aryl methyl sites for hydroxylation is 2. The monoisotopic (exact) mass is 339 g/mol. The van der Waals surface area contributed by atoms with Crippen molar-refractivity contribution in [1.82, 2.24) is 14.4 Å². The summed E-state index contributed by atoms with van der Waals surface area (Å²) in [6.45, 7) is 8.27. The first-order valence-electron chi connectivity index (χ1n) is 8.66. The zero-order valence-corrected chi connectivity index (χ0v) is 15.4. The SMILES string of the molecule is Cc1ccc(C(=O)N2CCN(C(=O)c3cc(C)n(C)c3C)CC2)cc1. The molecule has 0 saturated carbocycles. The van der Waals surface area contributed by atoms with Gasteiger partial charge in [-0.2, -0.15) is 0 Å². The fraction of sp³-hybridized carbons (Fsp3) is 0.400. The lowest BCUT2D eigenvalue weighted by atomic mass is 10.1. The van der Waals surface area contributed by atoms with Crippen LogP contribution in [-0.2, 0) is 7.05 Å². The van der Waals surface area contributed by atoms with Crippen LogP contribution in [0.5, 0.6) is 0 Å². The number of nitrogens with zero attached hydrogens (tertiary/aromatic N) is 3. The topological polar surface area (TPSA) is 45.6 Å². The molecular formula is C20H25N3O2. The lowest BCUT2D eigenvalue weighted by molar-refractivity contribution is 0.0535. The van der Waals surface area contributed by atoms with Crippen LogP contribution >= 0.6 is 0 Å². The predicted octanol–water partition coefficient (Wildman–Crippen LogP) is 2.55. The Hall–Kier alpha value is -2.56. The predicted molar refractivity (Wildman–Crippen MR) is 97.9 cm³/mol. The molecule has 1 aliphatic rings. The van der Waals surface area contributed by atoms with Crippen molar-refractivity contribution in [2.75, 3.05) is 26.2 Å². The van der Waals surface area contributed by atoms with E-state index in [-0.39, 0.29) is 11.8 Å². The summed E-state index contributed by atoms with van der Waals surface area (Å²) < 4.78 is 2.03. The second-order valence-electron chi connectivity index (χ2n) is 6.79. The van der Waals surface area contributed by atoms with Gasteiger partial charge in [0.2, 0.25) is 0 Å². The molecule has 132 valence electrons. The molecule has 1 fully saturated rings. The number of carbonyl (C=O) groups is 2. The summed E-state index contributed by atoms with van der Waals surface area (Å²) in [4.78, 5) is 29.0. The molecule has 0 aliphatic carbocycles. The van der Waals surface area contributed by atoms with Gasteiger partial charge in [0, 0.05) is 50.2 Å². The quantitative estimate of drug-likeness (QED) is 0.844. The minimum atomic E-state index is 0.0406. The van der Waals surface area contributed by atoms with E-state index in [1.54, 1.807) is 0 Å². The van der Waals surface area contributed by atoms with E-state index in [2.05, 4.69) is 0 Å². The number of carbonyl (C=O) groups excluding carboxylic acids is 2. The van der Waals surface area contributed by atoms with Crippen LogP contribution < -0.4 is 0 Å². The molecule has 2 aromatic rings. The van der Waals surface area contributed by atoms with Gasteiger partial charge >= 0.3 is 0 Å². The van der Waals surface area contributed by atoms with Crippen LogP contribution in [0.3, 0.4) is 0 Å². The molecule has 1 aromatic carbocycles. The van der Waals surface area contributed by atoms with Gasteiger partial charge in [-0.1, -0.05) is 17.7 Å². The first kappa shape index (κ1) is 17.3. The van der Waals surface area contributed by atoms with Crippen molar-refractivity contribution in [2.45, 2.75) is 20.8 Å². The lowest BCUT2D eigenvalue weighted by Gasteiger charge is -2.35. The van der Waals surface area contributed by atoms with Crippen LogP contribution in [0.25, 0.3) is 0 Å². The first-order valence-corrected chi connectivity index (χ1v) is 8.66. The van der Waals surface area contributed by atoms with Crippen molar-refractivity contribution >= 4 is 11.8 Å². The van der Waals surface area contributed by atoms with Gasteiger partial charge in [-0.25, -0.2) is 0 Å². The highest BCUT2D eigenvalue weighted by molar-refractivity contribution is 5.97. The highest BCUT2D eigenvalue weighted by Gasteiger charge is 2.27. The number of piperazine rings is 1. The normalized spacial score (nSPS) is 14.7. The van der Waals surface area contributed by atoms with Crippen molar-refractivity contribution in [3.8, 4) is 0 Å². The molecule has 2 heterocycles. The smallest absolute Gasteiger partial charge is 0.255 e. The minimum absolute atomic E-state index is 0.0406. The number of amides is 2. The Balaban J connectivity index is 1.65. The zero-order chi connectivity index (χ0) is 18.1. The molecule has 2 amide bonds. The van der Waals surface area contributed by atoms with Crippen LogP contribution in [0.4, 0.5) is 0 Å². The molecule has 5 heteroatoms. The molecular weight excluding hydrogens is 314 g/mol. The van der Waals surface area contributed by atoms with E-state index in [0.29, 0.717) is 31.7 Å². The third kappa shape index (κ3) is 3.31. The van der Waals surface area contributed by atoms with Crippen molar-refractivity contribution in [2.24, 2.45) is 7.05 Å². The maximum Gasteiger partial charge on any atom is 0.255 e. The van der Waals surface area contributed by atoms with Gasteiger partial charge in [-0.15, -0.1) is 0 Å². The maximum atomic E-state index is 12.8. The van der Waals surface area contributed by atoms with Gasteiger partial charge in [0.05, 0.1) is 5.56 Å². The van der Waals surface area contributed by atoms with Crippen molar-refractivity contribution in [3.63, 3.8) is 0 Å². The van der Waals surface area contributed by atoms with Crippen molar-refractivity contribution < 1.29 is 9.59 Å². The first-order chi connectivity index (χ1) is 11.9. The number of rotatable bonds is 2. The number of hydrogen-bond donors (Lipinski definition) is 0. The van der Waals surface area contributed by atoms with Gasteiger partial charge in [-0.3, -0.25) is 9.59 Å². The average molecular weight is 339 g/mol. The molecule has 5 nitrogen and oxygen atoms in total. The molecule has 0 radical (unpaired) electrons. The Morgan fingerprint density at radius 1 is 0.840 bits per heavy atom. The lowest BCUT2D eigenvalue weighted by Crippen LogP contribution is -2.50. The highest BCUT2D eigenvalue weighted by Crippen LogP contribution is 2.17. The van der Waals surface area contributed by atoms with Crippen molar-refractivity contribution in [1.29, 1.82) is 0 Å². The molecule has 0 unspecified atom stereocenters. The Morgan fingerprint density at radius 2 is 1.36 bits per heavy atom. The molecule has 1 aliphatic heterocycles. The summed E-state index contributed by atoms with van der Waals surface area (Å²) in [5, 5.41) is 0. The molecule has 25 heavy (non-hydrogen) atoms. The Kier molecular flexibility index (Phi) is 4.66. The summed E-state index contributed by atoms with van der Waals surface area (Å²) >= 11 is 0. The molecule has 0 spiro atoms. The largest absolute Gasteiger partial charge is 0.351 e. The molecule has 0 bridgehead atoms. The fourth-order valence-electron chi connectivity index (χ4n) is 3.23. The third-order valence-corrected chi connectivity index (χ3v) is 5.16. The van der Waals surface area contributed by atoms with Crippen molar-refractivity contribution in [3.05, 3.63) is 58.4 Å². The minimum Gasteiger partial charge on any atom is -0.351 e. The summed E-state index contributed by atoms with van der Waals surface area (Å²) in [6, 6.07) is 9.58. The van der Waals surface area contributed by atoms with Gasteiger partial charge < -0.3 is 14.4 Å². The molecule has 0 atom stereocenters. The molecule has 1 saturated heterocycles. The summed E-state index contributed by atoms with van der Waals surface area (Å²) in [6.07, 6.45) is 0. The third-order valence-electron chi connectivity index (χ3n) is 5.16. The summed E-state index contributed by atoms with van der Waals surface area (Å²) in [5.41, 5.74) is 4.67. The van der Waals surface area contributed by atoms with Crippen LogP contribution in [0.1, 0.15) is 37.7 Å². The molecule has 1 aromatic heterocycles. The number of aromatic nitrogens is 1. The van der Waals surface area contributed by atoms with E-state index in [4.69, 9.17) is 0 Å².